The monoisotopic (exact) mass is 357 g/mol. The van der Waals surface area contributed by atoms with Gasteiger partial charge in [0.1, 0.15) is 24.2 Å². The van der Waals surface area contributed by atoms with E-state index in [1.807, 2.05) is 24.3 Å². The maximum Gasteiger partial charge on any atom is 0.337 e. The average molecular weight is 357 g/mol. The molecule has 138 valence electrons. The van der Waals surface area contributed by atoms with Crippen LogP contribution in [-0.4, -0.2) is 45.5 Å². The van der Waals surface area contributed by atoms with Gasteiger partial charge in [-0.3, -0.25) is 0 Å². The summed E-state index contributed by atoms with van der Waals surface area (Å²) in [7, 11) is 1.36. The molecule has 1 unspecified atom stereocenters. The molecule has 0 amide bonds. The molecule has 1 atom stereocenters. The fourth-order valence-electron chi connectivity index (χ4n) is 2.32. The first-order valence-corrected chi connectivity index (χ1v) is 8.64. The highest BCUT2D eigenvalue weighted by Crippen LogP contribution is 2.18. The predicted octanol–water partition coefficient (Wildman–Crippen LogP) is 3.13. The summed E-state index contributed by atoms with van der Waals surface area (Å²) in [5, 5.41) is 3.35. The molecule has 1 aliphatic rings. The first kappa shape index (κ1) is 18.1. The predicted molar refractivity (Wildman–Crippen MR) is 98.1 cm³/mol. The van der Waals surface area contributed by atoms with Crippen molar-refractivity contribution in [3.05, 3.63) is 54.1 Å². The largest absolute Gasteiger partial charge is 0.494 e. The van der Waals surface area contributed by atoms with Crippen LogP contribution in [0.25, 0.3) is 0 Å². The lowest BCUT2D eigenvalue weighted by molar-refractivity contribution is 0.0600. The van der Waals surface area contributed by atoms with E-state index in [1.54, 1.807) is 24.3 Å². The summed E-state index contributed by atoms with van der Waals surface area (Å²) in [5.41, 5.74) is 1.56. The minimum atomic E-state index is -0.349. The molecule has 1 aliphatic heterocycles. The number of epoxide rings is 1. The lowest BCUT2D eigenvalue weighted by atomic mass is 10.2. The number of benzene rings is 2. The Balaban J connectivity index is 1.31. The van der Waals surface area contributed by atoms with Crippen LogP contribution >= 0.6 is 0 Å². The third-order valence-corrected chi connectivity index (χ3v) is 3.89. The van der Waals surface area contributed by atoms with E-state index in [0.29, 0.717) is 18.8 Å². The van der Waals surface area contributed by atoms with Crippen LogP contribution in [0.4, 0.5) is 5.69 Å². The van der Waals surface area contributed by atoms with Gasteiger partial charge in [0.05, 0.1) is 25.9 Å². The molecule has 1 saturated heterocycles. The maximum absolute atomic E-state index is 11.4. The summed E-state index contributed by atoms with van der Waals surface area (Å²) in [4.78, 5) is 11.4. The molecule has 3 rings (SSSR count). The average Bonchev–Trinajstić information content (AvgIpc) is 3.51. The second-order valence-electron chi connectivity index (χ2n) is 5.94. The van der Waals surface area contributed by atoms with E-state index in [0.717, 1.165) is 36.8 Å². The molecular weight excluding hydrogens is 334 g/mol. The molecule has 0 saturated carbocycles. The first-order valence-electron chi connectivity index (χ1n) is 8.64. The van der Waals surface area contributed by atoms with Crippen LogP contribution in [0.2, 0.25) is 0 Å². The first-order chi connectivity index (χ1) is 12.7. The van der Waals surface area contributed by atoms with E-state index in [4.69, 9.17) is 14.2 Å². The topological polar surface area (TPSA) is 69.3 Å². The Morgan fingerprint density at radius 3 is 2.38 bits per heavy atom. The number of nitrogens with one attached hydrogen (secondary N) is 1. The van der Waals surface area contributed by atoms with Crippen LogP contribution in [0.15, 0.2) is 48.5 Å². The minimum Gasteiger partial charge on any atom is -0.494 e. The highest BCUT2D eigenvalue weighted by molar-refractivity contribution is 5.89. The number of rotatable bonds is 10. The third kappa shape index (κ3) is 5.67. The zero-order valence-electron chi connectivity index (χ0n) is 14.8. The Labute approximate surface area is 153 Å². The van der Waals surface area contributed by atoms with Crippen LogP contribution in [0.5, 0.6) is 11.5 Å². The van der Waals surface area contributed by atoms with E-state index in [-0.39, 0.29) is 12.1 Å². The fourth-order valence-corrected chi connectivity index (χ4v) is 2.32. The molecule has 0 bridgehead atoms. The van der Waals surface area contributed by atoms with E-state index in [2.05, 4.69) is 10.1 Å². The molecule has 0 radical (unpaired) electrons. The zero-order valence-corrected chi connectivity index (χ0v) is 14.8. The van der Waals surface area contributed by atoms with Crippen molar-refractivity contribution < 1.29 is 23.7 Å². The quantitative estimate of drug-likeness (QED) is 0.400. The van der Waals surface area contributed by atoms with Gasteiger partial charge in [0, 0.05) is 12.2 Å². The van der Waals surface area contributed by atoms with Crippen molar-refractivity contribution >= 4 is 11.7 Å². The Morgan fingerprint density at radius 2 is 1.73 bits per heavy atom. The summed E-state index contributed by atoms with van der Waals surface area (Å²) in [6, 6.07) is 14.8. The van der Waals surface area contributed by atoms with Crippen molar-refractivity contribution in [2.75, 3.05) is 38.8 Å². The number of anilines is 1. The van der Waals surface area contributed by atoms with Crippen LogP contribution < -0.4 is 14.8 Å². The van der Waals surface area contributed by atoms with Crippen LogP contribution in [0, 0.1) is 0 Å². The number of carbonyl (C=O) groups is 1. The second kappa shape index (κ2) is 9.10. The van der Waals surface area contributed by atoms with Gasteiger partial charge in [-0.2, -0.15) is 0 Å². The van der Waals surface area contributed by atoms with E-state index >= 15 is 0 Å². The molecule has 0 aromatic heterocycles. The Kier molecular flexibility index (Phi) is 6.33. The molecule has 2 aromatic rings. The molecule has 2 aromatic carbocycles. The van der Waals surface area contributed by atoms with Gasteiger partial charge in [-0.25, -0.2) is 4.79 Å². The van der Waals surface area contributed by atoms with Crippen molar-refractivity contribution in [3.8, 4) is 11.5 Å². The molecule has 1 fully saturated rings. The SMILES string of the molecule is COC(=O)c1ccc(OCCCNc2ccc(OCC3CO3)cc2)cc1. The van der Waals surface area contributed by atoms with Crippen molar-refractivity contribution in [1.29, 1.82) is 0 Å². The van der Waals surface area contributed by atoms with E-state index < -0.39 is 0 Å². The Morgan fingerprint density at radius 1 is 1.08 bits per heavy atom. The number of methoxy groups -OCH3 is 1. The standard InChI is InChI=1S/C20H23NO5/c1-23-20(22)15-3-7-17(8-4-15)24-12-2-11-21-16-5-9-18(10-6-16)25-13-19-14-26-19/h3-10,19,21H,2,11-14H2,1H3. The summed E-state index contributed by atoms with van der Waals surface area (Å²) in [5.74, 6) is 1.24. The number of hydrogen-bond donors (Lipinski definition) is 1. The van der Waals surface area contributed by atoms with Gasteiger partial charge >= 0.3 is 5.97 Å². The van der Waals surface area contributed by atoms with Crippen LogP contribution in [0.3, 0.4) is 0 Å². The summed E-state index contributed by atoms with van der Waals surface area (Å²) in [6.07, 6.45) is 1.13. The van der Waals surface area contributed by atoms with E-state index in [1.165, 1.54) is 7.11 Å². The number of carbonyl (C=O) groups excluding carboxylic acids is 1. The molecule has 0 spiro atoms. The van der Waals surface area contributed by atoms with Crippen molar-refractivity contribution in [3.63, 3.8) is 0 Å². The van der Waals surface area contributed by atoms with Gasteiger partial charge in [0.15, 0.2) is 0 Å². The van der Waals surface area contributed by atoms with Crippen molar-refractivity contribution in [2.24, 2.45) is 0 Å². The molecule has 0 aliphatic carbocycles. The van der Waals surface area contributed by atoms with Gasteiger partial charge in [0.2, 0.25) is 0 Å². The third-order valence-electron chi connectivity index (χ3n) is 3.89. The fraction of sp³-hybridized carbons (Fsp3) is 0.350. The van der Waals surface area contributed by atoms with Gasteiger partial charge < -0.3 is 24.3 Å². The van der Waals surface area contributed by atoms with Crippen molar-refractivity contribution in [1.82, 2.24) is 0 Å². The van der Waals surface area contributed by atoms with E-state index in [9.17, 15) is 4.79 Å². The van der Waals surface area contributed by atoms with Gasteiger partial charge in [-0.15, -0.1) is 0 Å². The molecule has 6 heteroatoms. The second-order valence-corrected chi connectivity index (χ2v) is 5.94. The summed E-state index contributed by atoms with van der Waals surface area (Å²) >= 11 is 0. The highest BCUT2D eigenvalue weighted by Gasteiger charge is 2.22. The van der Waals surface area contributed by atoms with Gasteiger partial charge in [0.25, 0.3) is 0 Å². The van der Waals surface area contributed by atoms with Crippen molar-refractivity contribution in [2.45, 2.75) is 12.5 Å². The minimum absolute atomic E-state index is 0.268. The molecule has 26 heavy (non-hydrogen) atoms. The Bertz CT molecular complexity index is 695. The van der Waals surface area contributed by atoms with Crippen LogP contribution in [-0.2, 0) is 9.47 Å². The lowest BCUT2D eigenvalue weighted by Gasteiger charge is -2.09. The lowest BCUT2D eigenvalue weighted by Crippen LogP contribution is -2.08. The number of hydrogen-bond acceptors (Lipinski definition) is 6. The molecule has 1 heterocycles. The molecule has 1 N–H and O–H groups in total. The molecular formula is C20H23NO5. The van der Waals surface area contributed by atoms with Crippen LogP contribution in [0.1, 0.15) is 16.8 Å². The zero-order chi connectivity index (χ0) is 18.2. The molecule has 6 nitrogen and oxygen atoms in total. The summed E-state index contributed by atoms with van der Waals surface area (Å²) < 4.78 is 21.1. The van der Waals surface area contributed by atoms with Gasteiger partial charge in [-0.1, -0.05) is 0 Å². The number of esters is 1. The Hall–Kier alpha value is -2.73. The maximum atomic E-state index is 11.4. The highest BCUT2D eigenvalue weighted by atomic mass is 16.6. The smallest absolute Gasteiger partial charge is 0.337 e. The summed E-state index contributed by atoms with van der Waals surface area (Å²) in [6.45, 7) is 2.81. The normalized spacial score (nSPS) is 15.2. The van der Waals surface area contributed by atoms with Gasteiger partial charge in [-0.05, 0) is 55.0 Å². The number of ether oxygens (including phenoxy) is 4.